The van der Waals surface area contributed by atoms with E-state index in [1.807, 2.05) is 20.8 Å². The van der Waals surface area contributed by atoms with Gasteiger partial charge in [-0.05, 0) is 30.0 Å². The number of rotatable bonds is 5. The number of carbonyl (C=O) groups excluding carboxylic acids is 1. The summed E-state index contributed by atoms with van der Waals surface area (Å²) in [4.78, 5) is 11.6. The van der Waals surface area contributed by atoms with Gasteiger partial charge in [-0.3, -0.25) is 0 Å². The van der Waals surface area contributed by atoms with Crippen LogP contribution in [0.3, 0.4) is 0 Å². The Balaban J connectivity index is 3.25. The van der Waals surface area contributed by atoms with Crippen molar-refractivity contribution in [2.45, 2.75) is 38.6 Å². The SMILES string of the molecule is COC(=O)c1ccc(C)c(S(=O)(=O)NC(CN)C(C)(C)C)c1. The smallest absolute Gasteiger partial charge is 0.337 e. The molecule has 0 fully saturated rings. The third kappa shape index (κ3) is 4.28. The molecule has 0 radical (unpaired) electrons. The fraction of sp³-hybridized carbons (Fsp3) is 0.533. The quantitative estimate of drug-likeness (QED) is 0.797. The third-order valence-electron chi connectivity index (χ3n) is 3.48. The van der Waals surface area contributed by atoms with Gasteiger partial charge in [0.15, 0.2) is 0 Å². The van der Waals surface area contributed by atoms with E-state index in [1.54, 1.807) is 13.0 Å². The normalized spacial score (nSPS) is 13.7. The molecule has 124 valence electrons. The van der Waals surface area contributed by atoms with Crippen LogP contribution >= 0.6 is 0 Å². The van der Waals surface area contributed by atoms with Gasteiger partial charge >= 0.3 is 5.97 Å². The molecule has 1 rings (SSSR count). The van der Waals surface area contributed by atoms with E-state index in [1.165, 1.54) is 19.2 Å². The van der Waals surface area contributed by atoms with Gasteiger partial charge in [0.25, 0.3) is 0 Å². The Bertz CT molecular complexity index is 648. The Morgan fingerprint density at radius 3 is 2.41 bits per heavy atom. The Morgan fingerprint density at radius 1 is 1.36 bits per heavy atom. The molecule has 0 aliphatic carbocycles. The van der Waals surface area contributed by atoms with Crippen molar-refractivity contribution >= 4 is 16.0 Å². The predicted octanol–water partition coefficient (Wildman–Crippen LogP) is 1.43. The van der Waals surface area contributed by atoms with Crippen LogP contribution in [0.2, 0.25) is 0 Å². The van der Waals surface area contributed by atoms with E-state index in [-0.39, 0.29) is 22.4 Å². The molecule has 0 saturated heterocycles. The van der Waals surface area contributed by atoms with Crippen molar-refractivity contribution < 1.29 is 17.9 Å². The summed E-state index contributed by atoms with van der Waals surface area (Å²) in [5.74, 6) is -0.581. The van der Waals surface area contributed by atoms with E-state index in [0.29, 0.717) is 5.56 Å². The highest BCUT2D eigenvalue weighted by atomic mass is 32.2. The molecule has 0 heterocycles. The van der Waals surface area contributed by atoms with Crippen molar-refractivity contribution in [2.24, 2.45) is 11.1 Å². The molecule has 0 saturated carbocycles. The average molecular weight is 328 g/mol. The lowest BCUT2D eigenvalue weighted by Gasteiger charge is -2.30. The van der Waals surface area contributed by atoms with Crippen LogP contribution in [0.4, 0.5) is 0 Å². The minimum absolute atomic E-state index is 0.0538. The lowest BCUT2D eigenvalue weighted by molar-refractivity contribution is 0.0600. The summed E-state index contributed by atoms with van der Waals surface area (Å²) in [6.45, 7) is 7.57. The zero-order chi connectivity index (χ0) is 17.1. The minimum Gasteiger partial charge on any atom is -0.465 e. The minimum atomic E-state index is -3.79. The van der Waals surface area contributed by atoms with Gasteiger partial charge in [0, 0.05) is 12.6 Å². The number of benzene rings is 1. The fourth-order valence-corrected chi connectivity index (χ4v) is 3.69. The molecular formula is C15H24N2O4S. The van der Waals surface area contributed by atoms with Crippen molar-refractivity contribution in [3.63, 3.8) is 0 Å². The van der Waals surface area contributed by atoms with Crippen LogP contribution in [0, 0.1) is 12.3 Å². The van der Waals surface area contributed by atoms with Crippen molar-refractivity contribution in [3.05, 3.63) is 29.3 Å². The number of sulfonamides is 1. The van der Waals surface area contributed by atoms with Crippen LogP contribution in [0.5, 0.6) is 0 Å². The summed E-state index contributed by atoms with van der Waals surface area (Å²) < 4.78 is 32.5. The molecule has 0 aliphatic rings. The van der Waals surface area contributed by atoms with Gasteiger partial charge in [0.2, 0.25) is 10.0 Å². The standard InChI is InChI=1S/C15H24N2O4S/c1-10-6-7-11(14(18)21-5)8-12(10)22(19,20)17-13(9-16)15(2,3)4/h6-8,13,17H,9,16H2,1-5H3. The molecule has 1 aromatic rings. The van der Waals surface area contributed by atoms with Crippen molar-refractivity contribution in [1.82, 2.24) is 4.72 Å². The predicted molar refractivity (Wildman–Crippen MR) is 85.1 cm³/mol. The maximum absolute atomic E-state index is 12.6. The number of carbonyl (C=O) groups is 1. The fourth-order valence-electron chi connectivity index (χ4n) is 1.96. The first-order valence-electron chi connectivity index (χ1n) is 6.94. The van der Waals surface area contributed by atoms with E-state index < -0.39 is 22.0 Å². The van der Waals surface area contributed by atoms with E-state index in [4.69, 9.17) is 5.73 Å². The van der Waals surface area contributed by atoms with Crippen molar-refractivity contribution in [1.29, 1.82) is 0 Å². The number of ether oxygens (including phenoxy) is 1. The van der Waals surface area contributed by atoms with Crippen molar-refractivity contribution in [3.8, 4) is 0 Å². The molecule has 3 N–H and O–H groups in total. The summed E-state index contributed by atoms with van der Waals surface area (Å²) in [7, 11) is -2.54. The van der Waals surface area contributed by atoms with E-state index >= 15 is 0 Å². The first-order chi connectivity index (χ1) is 10.0. The molecular weight excluding hydrogens is 304 g/mol. The Labute approximate surface area is 132 Å². The molecule has 7 heteroatoms. The van der Waals surface area contributed by atoms with Crippen LogP contribution in [0.1, 0.15) is 36.7 Å². The van der Waals surface area contributed by atoms with Gasteiger partial charge in [0.1, 0.15) is 0 Å². The highest BCUT2D eigenvalue weighted by Gasteiger charge is 2.29. The average Bonchev–Trinajstić information content (AvgIpc) is 2.43. The molecule has 6 nitrogen and oxygen atoms in total. The highest BCUT2D eigenvalue weighted by Crippen LogP contribution is 2.23. The second-order valence-electron chi connectivity index (χ2n) is 6.25. The molecule has 0 spiro atoms. The zero-order valence-corrected chi connectivity index (χ0v) is 14.5. The number of aryl methyl sites for hydroxylation is 1. The summed E-state index contributed by atoms with van der Waals surface area (Å²) >= 11 is 0. The highest BCUT2D eigenvalue weighted by molar-refractivity contribution is 7.89. The molecule has 1 unspecified atom stereocenters. The first-order valence-corrected chi connectivity index (χ1v) is 8.42. The van der Waals surface area contributed by atoms with Gasteiger partial charge in [-0.1, -0.05) is 26.8 Å². The number of nitrogens with one attached hydrogen (secondary N) is 1. The molecule has 0 bridgehead atoms. The lowest BCUT2D eigenvalue weighted by Crippen LogP contribution is -2.48. The Kier molecular flexibility index (Phi) is 5.72. The van der Waals surface area contributed by atoms with E-state index in [2.05, 4.69) is 9.46 Å². The van der Waals surface area contributed by atoms with Crippen LogP contribution in [0.15, 0.2) is 23.1 Å². The van der Waals surface area contributed by atoms with Gasteiger partial charge in [0.05, 0.1) is 17.6 Å². The summed E-state index contributed by atoms with van der Waals surface area (Å²) in [5, 5.41) is 0. The van der Waals surface area contributed by atoms with Crippen LogP contribution in [-0.2, 0) is 14.8 Å². The summed E-state index contributed by atoms with van der Waals surface area (Å²) in [6.07, 6.45) is 0. The monoisotopic (exact) mass is 328 g/mol. The molecule has 22 heavy (non-hydrogen) atoms. The van der Waals surface area contributed by atoms with E-state index in [9.17, 15) is 13.2 Å². The lowest BCUT2D eigenvalue weighted by atomic mass is 9.88. The number of hydrogen-bond acceptors (Lipinski definition) is 5. The molecule has 1 aromatic carbocycles. The van der Waals surface area contributed by atoms with Crippen LogP contribution < -0.4 is 10.5 Å². The van der Waals surface area contributed by atoms with Crippen LogP contribution in [-0.4, -0.2) is 34.1 Å². The number of esters is 1. The maximum atomic E-state index is 12.6. The maximum Gasteiger partial charge on any atom is 0.337 e. The van der Waals surface area contributed by atoms with Gasteiger partial charge in [-0.15, -0.1) is 0 Å². The van der Waals surface area contributed by atoms with Crippen LogP contribution in [0.25, 0.3) is 0 Å². The molecule has 0 aromatic heterocycles. The Hall–Kier alpha value is -1.44. The second kappa shape index (κ2) is 6.76. The van der Waals surface area contributed by atoms with Gasteiger partial charge in [-0.2, -0.15) is 0 Å². The number of methoxy groups -OCH3 is 1. The Morgan fingerprint density at radius 2 is 1.95 bits per heavy atom. The summed E-state index contributed by atoms with van der Waals surface area (Å²) in [5.41, 5.74) is 6.09. The number of hydrogen-bond donors (Lipinski definition) is 2. The van der Waals surface area contributed by atoms with Gasteiger partial charge < -0.3 is 10.5 Å². The van der Waals surface area contributed by atoms with Crippen molar-refractivity contribution in [2.75, 3.05) is 13.7 Å². The topological polar surface area (TPSA) is 98.5 Å². The number of nitrogens with two attached hydrogens (primary N) is 1. The molecule has 0 amide bonds. The van der Waals surface area contributed by atoms with E-state index in [0.717, 1.165) is 0 Å². The zero-order valence-electron chi connectivity index (χ0n) is 13.6. The molecule has 0 aliphatic heterocycles. The first kappa shape index (κ1) is 18.6. The summed E-state index contributed by atoms with van der Waals surface area (Å²) in [6, 6.07) is 4.01. The third-order valence-corrected chi connectivity index (χ3v) is 5.09. The second-order valence-corrected chi connectivity index (χ2v) is 7.93. The van der Waals surface area contributed by atoms with Gasteiger partial charge in [-0.25, -0.2) is 17.9 Å². The molecule has 1 atom stereocenters. The largest absolute Gasteiger partial charge is 0.465 e.